The standard InChI is InChI=1S/C56H96N18O24/c57-7-23-35(77)39(81)29(65)51(87-23)93-45-19(63)5-17(61)33(75)49(45)97-55-43(85)47(95-53-31(67)41(83)37(79)25(9-59)89-53)27(91-55)13-73-11-21(69-71-73)15-2-1-3-16(4-15)22-12-74(72-70-22)14-28-48(96-54-32(68)42(84)38(80)26(10-60)90-54)44(86)56(92-28)98-50-34(76)18(62)6-20(64)46(50)94-52-30(66)40(82)36(78)24(8-58)88-52/h1-4,11-12,17-20,23-56,75-86H,5-10,13-14,57-68H2/t17-,18-,19+,20+,23-,24-,25+,26+,27-,28-,29-,30-,31-,32-,33+,34+,35-,36-,37-,38-,39-,40-,41-,42-,43-,44-,45-,46-,47-,48-,49-,50-,51-,52-,53-,54-,55+,56+/m1/s1. The fourth-order valence-electron chi connectivity index (χ4n) is 13.7. The summed E-state index contributed by atoms with van der Waals surface area (Å²) in [6.45, 7) is -1.43. The maximum atomic E-state index is 12.1. The van der Waals surface area contributed by atoms with E-state index in [9.17, 15) is 61.3 Å². The predicted octanol–water partition coefficient (Wildman–Crippen LogP) is -15.5. The van der Waals surface area contributed by atoms with E-state index < -0.39 is 233 Å². The molecule has 2 aliphatic carbocycles. The van der Waals surface area contributed by atoms with E-state index in [1.54, 1.807) is 36.7 Å². The zero-order chi connectivity index (χ0) is 70.6. The molecule has 554 valence electrons. The van der Waals surface area contributed by atoms with E-state index in [0.29, 0.717) is 22.5 Å². The van der Waals surface area contributed by atoms with E-state index in [0.717, 1.165) is 0 Å². The van der Waals surface area contributed by atoms with Gasteiger partial charge in [0, 0.05) is 61.5 Å². The molecule has 8 fully saturated rings. The molecule has 3 aromatic rings. The number of rotatable bonds is 22. The first kappa shape index (κ1) is 75.2. The lowest BCUT2D eigenvalue weighted by atomic mass is 9.84. The maximum absolute atomic E-state index is 12.1. The summed E-state index contributed by atoms with van der Waals surface area (Å²) in [7, 11) is 0. The molecule has 6 saturated heterocycles. The van der Waals surface area contributed by atoms with E-state index in [1.807, 2.05) is 0 Å². The second-order valence-corrected chi connectivity index (χ2v) is 26.4. The number of nitrogens with two attached hydrogens (primary N) is 12. The number of aliphatic hydroxyl groups is 12. The van der Waals surface area contributed by atoms with Crippen LogP contribution in [0.3, 0.4) is 0 Å². The topological polar surface area (TPSA) is 727 Å². The van der Waals surface area contributed by atoms with Crippen LogP contribution in [0.5, 0.6) is 0 Å². The normalized spacial score (nSPS) is 48.0. The summed E-state index contributed by atoms with van der Waals surface area (Å²) in [6, 6.07) is -2.42. The van der Waals surface area contributed by atoms with Gasteiger partial charge in [0.15, 0.2) is 37.7 Å². The Hall–Kier alpha value is -3.94. The van der Waals surface area contributed by atoms with Crippen molar-refractivity contribution in [1.82, 2.24) is 30.0 Å². The van der Waals surface area contributed by atoms with Gasteiger partial charge in [-0.3, -0.25) is 0 Å². The zero-order valence-corrected chi connectivity index (χ0v) is 52.9. The van der Waals surface area contributed by atoms with Crippen molar-refractivity contribution in [1.29, 1.82) is 0 Å². The van der Waals surface area contributed by atoms with Crippen molar-refractivity contribution < 1.29 is 118 Å². The highest BCUT2D eigenvalue weighted by Crippen LogP contribution is 2.39. The predicted molar refractivity (Wildman–Crippen MR) is 327 cm³/mol. The molecule has 0 unspecified atom stereocenters. The van der Waals surface area contributed by atoms with Crippen LogP contribution in [0.25, 0.3) is 22.5 Å². The number of hydrogen-bond acceptors (Lipinski definition) is 40. The van der Waals surface area contributed by atoms with Crippen molar-refractivity contribution in [3.05, 3.63) is 36.7 Å². The minimum atomic E-state index is -1.75. The van der Waals surface area contributed by atoms with Crippen LogP contribution in [-0.2, 0) is 69.9 Å². The minimum Gasteiger partial charge on any atom is -0.389 e. The second kappa shape index (κ2) is 31.6. The summed E-state index contributed by atoms with van der Waals surface area (Å²) in [4.78, 5) is 0. The molecule has 0 spiro atoms. The van der Waals surface area contributed by atoms with E-state index in [-0.39, 0.29) is 52.1 Å². The lowest BCUT2D eigenvalue weighted by molar-refractivity contribution is -0.306. The van der Waals surface area contributed by atoms with Gasteiger partial charge >= 0.3 is 0 Å². The Morgan fingerprint density at radius 1 is 0.347 bits per heavy atom. The zero-order valence-electron chi connectivity index (χ0n) is 52.9. The summed E-state index contributed by atoms with van der Waals surface area (Å²) >= 11 is 0. The van der Waals surface area contributed by atoms with Gasteiger partial charge in [-0.15, -0.1) is 10.2 Å². The third-order valence-corrected chi connectivity index (χ3v) is 19.6. The van der Waals surface area contributed by atoms with Gasteiger partial charge in [0.25, 0.3) is 0 Å². The number of hydrogen-bond donors (Lipinski definition) is 24. The summed E-state index contributed by atoms with van der Waals surface area (Å²) in [6.07, 6.45) is -40.2. The third kappa shape index (κ3) is 15.2. The highest BCUT2D eigenvalue weighted by Gasteiger charge is 2.58. The fourth-order valence-corrected chi connectivity index (χ4v) is 13.7. The molecule has 0 bridgehead atoms. The smallest absolute Gasteiger partial charge is 0.187 e. The van der Waals surface area contributed by atoms with Crippen molar-refractivity contribution in [3.8, 4) is 22.5 Å². The van der Waals surface area contributed by atoms with E-state index in [4.69, 9.17) is 126 Å². The summed E-state index contributed by atoms with van der Waals surface area (Å²) in [5, 5.41) is 151. The minimum absolute atomic E-state index is 0.00230. The van der Waals surface area contributed by atoms with Crippen LogP contribution < -0.4 is 68.8 Å². The van der Waals surface area contributed by atoms with Gasteiger partial charge in [-0.25, -0.2) is 9.36 Å². The maximum Gasteiger partial charge on any atom is 0.187 e. The van der Waals surface area contributed by atoms with Crippen molar-refractivity contribution in [2.24, 2.45) is 68.8 Å². The average molecular weight is 1410 g/mol. The van der Waals surface area contributed by atoms with Crippen LogP contribution in [0.1, 0.15) is 12.8 Å². The van der Waals surface area contributed by atoms with Crippen LogP contribution in [0, 0.1) is 0 Å². The molecular weight excluding hydrogens is 1310 g/mol. The average Bonchev–Trinajstić information content (AvgIpc) is 1.48. The Balaban J connectivity index is 0.815. The molecule has 0 amide bonds. The largest absolute Gasteiger partial charge is 0.389 e. The Kier molecular flexibility index (Phi) is 24.2. The number of benzene rings is 1. The first-order valence-corrected chi connectivity index (χ1v) is 32.4. The lowest BCUT2D eigenvalue weighted by Gasteiger charge is -2.47. The molecule has 36 N–H and O–H groups in total. The summed E-state index contributed by atoms with van der Waals surface area (Å²) in [5.74, 6) is 0. The molecule has 0 radical (unpaired) electrons. The molecule has 2 saturated carbocycles. The van der Waals surface area contributed by atoms with Crippen LogP contribution >= 0.6 is 0 Å². The number of ether oxygens (including phenoxy) is 12. The molecule has 11 rings (SSSR count). The number of aromatic nitrogens is 6. The SMILES string of the molecule is NC[C@@H]1O[C@H](O[C@H]2[C@@H](O)[C@H](O[C@@H]3[C@@H](O)[C@H](N)C[C@H](N)[C@H]3O[C@H]3O[C@H](CN)[C@@H](O)[C@H](O)[C@H]3N)O[C@@H]2Cn2cc(-c3cccc(-c4cn(C[C@H]5O[C@@H](O[C@@H]6[C@@H](O)[C@H](N)C[C@H](N)[C@H]6O[C@H]6O[C@H](CN)[C@@H](O)[C@H](O)[C@H]6N)[C@H](O)[C@@H]5O[C@H]5O[C@@H](CN)[C@@H](O)[C@H](O)[C@H]5N)nn4)c3)nn2)[C@H](N)[C@@H](O)[C@@H]1O. The molecule has 1 aromatic carbocycles. The van der Waals surface area contributed by atoms with Gasteiger partial charge in [-0.2, -0.15) is 0 Å². The quantitative estimate of drug-likeness (QED) is 0.0444. The molecule has 8 heterocycles. The van der Waals surface area contributed by atoms with Crippen LogP contribution in [0.4, 0.5) is 0 Å². The van der Waals surface area contributed by atoms with Crippen molar-refractivity contribution in [2.45, 2.75) is 259 Å². The van der Waals surface area contributed by atoms with Gasteiger partial charge in [-0.05, 0) is 18.9 Å². The van der Waals surface area contributed by atoms with Gasteiger partial charge in [0.1, 0.15) is 146 Å². The van der Waals surface area contributed by atoms with E-state index in [1.165, 1.54) is 9.36 Å². The second-order valence-electron chi connectivity index (χ2n) is 26.4. The van der Waals surface area contributed by atoms with Crippen molar-refractivity contribution in [2.75, 3.05) is 26.2 Å². The van der Waals surface area contributed by atoms with Crippen molar-refractivity contribution >= 4 is 0 Å². The number of aliphatic hydroxyl groups excluding tert-OH is 12. The Bertz CT molecular complexity index is 2850. The fraction of sp³-hybridized carbons (Fsp3) is 0.821. The van der Waals surface area contributed by atoms with Gasteiger partial charge in [0.05, 0.1) is 61.9 Å². The van der Waals surface area contributed by atoms with Crippen molar-refractivity contribution in [3.63, 3.8) is 0 Å². The third-order valence-electron chi connectivity index (χ3n) is 19.6. The first-order chi connectivity index (χ1) is 46.6. The molecule has 98 heavy (non-hydrogen) atoms. The monoisotopic (exact) mass is 1400 g/mol. The summed E-state index contributed by atoms with van der Waals surface area (Å²) < 4.78 is 76.7. The van der Waals surface area contributed by atoms with Gasteiger partial charge in [0.2, 0.25) is 0 Å². The van der Waals surface area contributed by atoms with Gasteiger partial charge in [-0.1, -0.05) is 28.6 Å². The molecule has 8 aliphatic rings. The van der Waals surface area contributed by atoms with Gasteiger partial charge < -0.3 is 187 Å². The molecule has 42 heteroatoms. The molecule has 42 nitrogen and oxygen atoms in total. The molecular formula is C56H96N18O24. The van der Waals surface area contributed by atoms with Crippen LogP contribution in [0.2, 0.25) is 0 Å². The van der Waals surface area contributed by atoms with Crippen LogP contribution in [0.15, 0.2) is 36.7 Å². The highest BCUT2D eigenvalue weighted by atomic mass is 16.8. The Morgan fingerprint density at radius 3 is 0.939 bits per heavy atom. The first-order valence-electron chi connectivity index (χ1n) is 32.4. The molecule has 2 aromatic heterocycles. The lowest BCUT2D eigenvalue weighted by Crippen LogP contribution is -2.68. The highest BCUT2D eigenvalue weighted by molar-refractivity contribution is 5.68. The van der Waals surface area contributed by atoms with E-state index >= 15 is 0 Å². The molecule has 38 atom stereocenters. The van der Waals surface area contributed by atoms with E-state index in [2.05, 4.69) is 20.6 Å². The number of nitrogens with zero attached hydrogens (tertiary/aromatic N) is 6. The Labute approximate surface area is 559 Å². The Morgan fingerprint density at radius 2 is 0.633 bits per heavy atom. The van der Waals surface area contributed by atoms with Crippen LogP contribution in [-0.4, -0.2) is 350 Å². The molecule has 6 aliphatic heterocycles. The summed E-state index contributed by atoms with van der Waals surface area (Å²) in [5.41, 5.74) is 76.0.